The molecule has 2 rings (SSSR count). The third-order valence-corrected chi connectivity index (χ3v) is 5.81. The number of anilines is 2. The van der Waals surface area contributed by atoms with Crippen molar-refractivity contribution < 1.29 is 17.9 Å². The van der Waals surface area contributed by atoms with Gasteiger partial charge < -0.3 is 15.8 Å². The Morgan fingerprint density at radius 1 is 1.07 bits per heavy atom. The van der Waals surface area contributed by atoms with Gasteiger partial charge in [0, 0.05) is 17.4 Å². The summed E-state index contributed by atoms with van der Waals surface area (Å²) in [4.78, 5) is 12.3. The van der Waals surface area contributed by atoms with Crippen molar-refractivity contribution in [2.45, 2.75) is 31.7 Å². The summed E-state index contributed by atoms with van der Waals surface area (Å²) < 4.78 is 33.2. The summed E-state index contributed by atoms with van der Waals surface area (Å²) in [5.41, 5.74) is 7.12. The summed E-state index contributed by atoms with van der Waals surface area (Å²) >= 11 is 0. The quantitative estimate of drug-likeness (QED) is 0.628. The Balaban J connectivity index is 0.00000392. The fraction of sp³-hybridized carbons (Fsp3) is 0.316. The van der Waals surface area contributed by atoms with Crippen molar-refractivity contribution in [2.24, 2.45) is 11.7 Å². The maximum absolute atomic E-state index is 12.8. The van der Waals surface area contributed by atoms with E-state index in [4.69, 9.17) is 10.5 Å². The minimum Gasteiger partial charge on any atom is -0.497 e. The lowest BCUT2D eigenvalue weighted by Gasteiger charge is -2.17. The van der Waals surface area contributed by atoms with Gasteiger partial charge in [-0.15, -0.1) is 12.4 Å². The van der Waals surface area contributed by atoms with E-state index >= 15 is 0 Å². The number of halogens is 1. The van der Waals surface area contributed by atoms with Crippen LogP contribution in [-0.4, -0.2) is 27.5 Å². The van der Waals surface area contributed by atoms with Gasteiger partial charge in [-0.1, -0.05) is 13.0 Å². The Hall–Kier alpha value is -2.29. The highest BCUT2D eigenvalue weighted by Gasteiger charge is 2.20. The zero-order valence-electron chi connectivity index (χ0n) is 16.2. The average Bonchev–Trinajstić information content (AvgIpc) is 2.62. The molecule has 7 nitrogen and oxygen atoms in total. The zero-order chi connectivity index (χ0) is 20.2. The number of amides is 1. The van der Waals surface area contributed by atoms with Gasteiger partial charge in [-0.05, 0) is 55.8 Å². The first-order chi connectivity index (χ1) is 12.6. The van der Waals surface area contributed by atoms with E-state index in [0.717, 1.165) is 0 Å². The Labute approximate surface area is 172 Å². The molecule has 0 aromatic heterocycles. The van der Waals surface area contributed by atoms with Crippen molar-refractivity contribution in [1.82, 2.24) is 0 Å². The van der Waals surface area contributed by atoms with Gasteiger partial charge in [0.2, 0.25) is 5.91 Å². The number of methoxy groups -OCH3 is 1. The van der Waals surface area contributed by atoms with Crippen molar-refractivity contribution in [3.05, 3.63) is 48.0 Å². The molecule has 4 N–H and O–H groups in total. The SMILES string of the molecule is COc1ccc(NS(=O)(=O)c2cc(NC(=O)C(C)C(C)N)ccc2C)cc1.Cl. The van der Waals surface area contributed by atoms with E-state index in [0.29, 0.717) is 22.7 Å². The topological polar surface area (TPSA) is 111 Å². The van der Waals surface area contributed by atoms with Gasteiger partial charge in [-0.2, -0.15) is 0 Å². The molecule has 0 saturated heterocycles. The highest BCUT2D eigenvalue weighted by Crippen LogP contribution is 2.24. The first kappa shape index (κ1) is 23.7. The van der Waals surface area contributed by atoms with Crippen LogP contribution in [0.2, 0.25) is 0 Å². The molecule has 0 bridgehead atoms. The van der Waals surface area contributed by atoms with Crippen LogP contribution in [0.25, 0.3) is 0 Å². The summed E-state index contributed by atoms with van der Waals surface area (Å²) in [6, 6.07) is 11.0. The first-order valence-electron chi connectivity index (χ1n) is 8.48. The van der Waals surface area contributed by atoms with Gasteiger partial charge in [0.25, 0.3) is 10.0 Å². The Bertz CT molecular complexity index is 915. The summed E-state index contributed by atoms with van der Waals surface area (Å²) in [5.74, 6) is -0.0359. The molecule has 2 atom stereocenters. The van der Waals surface area contributed by atoms with Crippen LogP contribution in [0, 0.1) is 12.8 Å². The maximum Gasteiger partial charge on any atom is 0.262 e. The summed E-state index contributed by atoms with van der Waals surface area (Å²) in [5, 5.41) is 2.71. The molecule has 0 aliphatic heterocycles. The molecule has 154 valence electrons. The van der Waals surface area contributed by atoms with Crippen LogP contribution in [0.5, 0.6) is 5.75 Å². The fourth-order valence-electron chi connectivity index (χ4n) is 2.33. The summed E-state index contributed by atoms with van der Waals surface area (Å²) in [6.45, 7) is 5.16. The molecule has 28 heavy (non-hydrogen) atoms. The Morgan fingerprint density at radius 3 is 2.18 bits per heavy atom. The van der Waals surface area contributed by atoms with Gasteiger partial charge in [0.1, 0.15) is 5.75 Å². The molecule has 0 aliphatic carbocycles. The number of rotatable bonds is 7. The normalized spacial score (nSPS) is 13.0. The number of sulfonamides is 1. The number of benzene rings is 2. The predicted molar refractivity (Wildman–Crippen MR) is 114 cm³/mol. The van der Waals surface area contributed by atoms with Crippen LogP contribution in [0.4, 0.5) is 11.4 Å². The van der Waals surface area contributed by atoms with Crippen LogP contribution in [0.15, 0.2) is 47.4 Å². The van der Waals surface area contributed by atoms with Crippen molar-refractivity contribution in [3.8, 4) is 5.75 Å². The number of ether oxygens (including phenoxy) is 1. The third kappa shape index (κ3) is 5.85. The third-order valence-electron chi connectivity index (χ3n) is 4.29. The first-order valence-corrected chi connectivity index (χ1v) is 9.96. The zero-order valence-corrected chi connectivity index (χ0v) is 17.9. The Morgan fingerprint density at radius 2 is 1.64 bits per heavy atom. The lowest BCUT2D eigenvalue weighted by molar-refractivity contribution is -0.119. The van der Waals surface area contributed by atoms with E-state index in [2.05, 4.69) is 10.0 Å². The number of nitrogens with two attached hydrogens (primary N) is 1. The molecule has 1 amide bonds. The van der Waals surface area contributed by atoms with Crippen LogP contribution in [-0.2, 0) is 14.8 Å². The number of aryl methyl sites for hydroxylation is 1. The second-order valence-electron chi connectivity index (χ2n) is 6.45. The largest absolute Gasteiger partial charge is 0.497 e. The van der Waals surface area contributed by atoms with Crippen LogP contribution < -0.4 is 20.5 Å². The molecule has 0 radical (unpaired) electrons. The smallest absolute Gasteiger partial charge is 0.262 e. The number of hydrogen-bond acceptors (Lipinski definition) is 5. The van der Waals surface area contributed by atoms with Crippen molar-refractivity contribution in [3.63, 3.8) is 0 Å². The molecule has 0 aliphatic rings. The summed E-state index contributed by atoms with van der Waals surface area (Å²) in [6.07, 6.45) is 0. The van der Waals surface area contributed by atoms with Crippen LogP contribution >= 0.6 is 12.4 Å². The molecule has 0 heterocycles. The van der Waals surface area contributed by atoms with Crippen molar-refractivity contribution in [2.75, 3.05) is 17.1 Å². The highest BCUT2D eigenvalue weighted by atomic mass is 35.5. The number of carbonyl (C=O) groups is 1. The number of hydrogen-bond donors (Lipinski definition) is 3. The van der Waals surface area contributed by atoms with E-state index < -0.39 is 15.9 Å². The molecular formula is C19H26ClN3O4S. The lowest BCUT2D eigenvalue weighted by atomic mass is 10.0. The minimum absolute atomic E-state index is 0. The van der Waals surface area contributed by atoms with E-state index in [-0.39, 0.29) is 29.3 Å². The summed E-state index contributed by atoms with van der Waals surface area (Å²) in [7, 11) is -2.29. The van der Waals surface area contributed by atoms with Gasteiger partial charge in [-0.25, -0.2) is 8.42 Å². The molecular weight excluding hydrogens is 402 g/mol. The van der Waals surface area contributed by atoms with E-state index in [9.17, 15) is 13.2 Å². The number of carbonyl (C=O) groups excluding carboxylic acids is 1. The molecule has 0 saturated carbocycles. The standard InChI is InChI=1S/C19H25N3O4S.ClH/c1-12-5-6-16(21-19(23)13(2)14(3)20)11-18(12)27(24,25)22-15-7-9-17(26-4)10-8-15;/h5-11,13-14,22H,20H2,1-4H3,(H,21,23);1H. The molecule has 9 heteroatoms. The lowest BCUT2D eigenvalue weighted by Crippen LogP contribution is -2.34. The monoisotopic (exact) mass is 427 g/mol. The van der Waals surface area contributed by atoms with Crippen molar-refractivity contribution >= 4 is 39.7 Å². The van der Waals surface area contributed by atoms with Gasteiger partial charge in [0.05, 0.1) is 17.9 Å². The van der Waals surface area contributed by atoms with Crippen LogP contribution in [0.3, 0.4) is 0 Å². The molecule has 2 aromatic rings. The maximum atomic E-state index is 12.8. The number of nitrogens with one attached hydrogen (secondary N) is 2. The van der Waals surface area contributed by atoms with Gasteiger partial charge in [-0.3, -0.25) is 9.52 Å². The Kier molecular flexibility index (Phi) is 8.29. The fourth-order valence-corrected chi connectivity index (χ4v) is 3.66. The molecule has 0 spiro atoms. The van der Waals surface area contributed by atoms with E-state index in [1.165, 1.54) is 13.2 Å². The molecule has 2 unspecified atom stereocenters. The van der Waals surface area contributed by atoms with Crippen LogP contribution in [0.1, 0.15) is 19.4 Å². The molecule has 2 aromatic carbocycles. The molecule has 0 fully saturated rings. The second-order valence-corrected chi connectivity index (χ2v) is 8.10. The average molecular weight is 428 g/mol. The minimum atomic E-state index is -3.83. The second kappa shape index (κ2) is 9.77. The van der Waals surface area contributed by atoms with Crippen molar-refractivity contribution in [1.29, 1.82) is 0 Å². The van der Waals surface area contributed by atoms with E-state index in [1.54, 1.807) is 57.2 Å². The van der Waals surface area contributed by atoms with Gasteiger partial charge >= 0.3 is 0 Å². The van der Waals surface area contributed by atoms with Gasteiger partial charge in [0.15, 0.2) is 0 Å². The predicted octanol–water partition coefficient (Wildman–Crippen LogP) is 3.15. The van der Waals surface area contributed by atoms with E-state index in [1.807, 2.05) is 0 Å². The highest BCUT2D eigenvalue weighted by molar-refractivity contribution is 7.92.